The van der Waals surface area contributed by atoms with Gasteiger partial charge in [-0.3, -0.25) is 4.79 Å². The minimum Gasteiger partial charge on any atom is -0.359 e. The Morgan fingerprint density at radius 1 is 1.71 bits per heavy atom. The van der Waals surface area contributed by atoms with Crippen LogP contribution >= 0.6 is 11.6 Å². The summed E-state index contributed by atoms with van der Waals surface area (Å²) < 4.78 is 0. The minimum absolute atomic E-state index is 0.891. The number of carbonyl (C=O) groups excluding carboxylic acids is 1. The topological polar surface area (TPSA) is 57.5 Å². The zero-order valence-corrected chi connectivity index (χ0v) is 4.44. The van der Waals surface area contributed by atoms with Crippen LogP contribution in [0.3, 0.4) is 0 Å². The Balaban J connectivity index is 3.79. The van der Waals surface area contributed by atoms with Gasteiger partial charge in [0.15, 0.2) is 0 Å². The Bertz CT molecular complexity index is 82.7. The van der Waals surface area contributed by atoms with E-state index >= 15 is 0 Å². The fourth-order valence-corrected chi connectivity index (χ4v) is 0. The van der Waals surface area contributed by atoms with E-state index in [2.05, 4.69) is 11.6 Å². The molecule has 7 heavy (non-hydrogen) atoms. The van der Waals surface area contributed by atoms with E-state index < -0.39 is 11.0 Å². The summed E-state index contributed by atoms with van der Waals surface area (Å²) in [7, 11) is 0. The molecule has 0 aliphatic heterocycles. The average molecular weight is 125 g/mol. The molecule has 0 amide bonds. The van der Waals surface area contributed by atoms with E-state index in [9.17, 15) is 4.79 Å². The van der Waals surface area contributed by atoms with Crippen LogP contribution in [0.2, 0.25) is 0 Å². The summed E-state index contributed by atoms with van der Waals surface area (Å²) in [6, 6.07) is 0. The molecule has 0 unspecified atom stereocenters. The van der Waals surface area contributed by atoms with Gasteiger partial charge in [0.1, 0.15) is 0 Å². The van der Waals surface area contributed by atoms with Crippen molar-refractivity contribution in [3.63, 3.8) is 0 Å². The van der Waals surface area contributed by atoms with Gasteiger partial charge in [-0.05, 0) is 18.5 Å². The summed E-state index contributed by atoms with van der Waals surface area (Å²) in [5.74, 6) is -2.37. The predicted molar refractivity (Wildman–Crippen MR) is 23.7 cm³/mol. The lowest BCUT2D eigenvalue weighted by Crippen LogP contribution is -2.30. The van der Waals surface area contributed by atoms with Crippen LogP contribution < -0.4 is 0 Å². The maximum atomic E-state index is 9.73. The van der Waals surface area contributed by atoms with Crippen molar-refractivity contribution in [2.45, 2.75) is 12.7 Å². The van der Waals surface area contributed by atoms with Gasteiger partial charge in [0.2, 0.25) is 5.79 Å². The van der Waals surface area contributed by atoms with Gasteiger partial charge in [-0.25, -0.2) is 0 Å². The largest absolute Gasteiger partial charge is 0.359 e. The van der Waals surface area contributed by atoms with Gasteiger partial charge >= 0.3 is 0 Å². The summed E-state index contributed by atoms with van der Waals surface area (Å²) in [5, 5.41) is 15.2. The summed E-state index contributed by atoms with van der Waals surface area (Å²) in [6.07, 6.45) is 0. The highest BCUT2D eigenvalue weighted by Crippen LogP contribution is 2.00. The van der Waals surface area contributed by atoms with Crippen molar-refractivity contribution in [2.75, 3.05) is 0 Å². The van der Waals surface area contributed by atoms with E-state index in [1.54, 1.807) is 0 Å². The molecule has 2 N–H and O–H groups in total. The Morgan fingerprint density at radius 2 is 1.86 bits per heavy atom. The highest BCUT2D eigenvalue weighted by Gasteiger charge is 2.23. The molecule has 0 aromatic carbocycles. The van der Waals surface area contributed by atoms with Gasteiger partial charge in [-0.2, -0.15) is 0 Å². The number of hydrogen-bond acceptors (Lipinski definition) is 3. The second-order valence-corrected chi connectivity index (χ2v) is 1.64. The van der Waals surface area contributed by atoms with Crippen LogP contribution in [0.5, 0.6) is 0 Å². The molecule has 0 fully saturated rings. The fraction of sp³-hybridized carbons (Fsp3) is 0.667. The smallest absolute Gasteiger partial charge is 0.280 e. The number of aliphatic hydroxyl groups is 2. The maximum absolute atomic E-state index is 9.73. The monoisotopic (exact) mass is 124 g/mol. The number of halogens is 1. The van der Waals surface area contributed by atoms with Crippen molar-refractivity contribution in [2.24, 2.45) is 0 Å². The molecular formula is C3H5ClO3. The molecule has 0 aliphatic rings. The lowest BCUT2D eigenvalue weighted by atomic mass is 10.4. The van der Waals surface area contributed by atoms with Crippen LogP contribution in [0.4, 0.5) is 0 Å². The molecule has 0 aliphatic carbocycles. The Morgan fingerprint density at radius 3 is 1.86 bits per heavy atom. The van der Waals surface area contributed by atoms with E-state index in [4.69, 9.17) is 10.2 Å². The van der Waals surface area contributed by atoms with Gasteiger partial charge in [0, 0.05) is 0 Å². The normalized spacial score (nSPS) is 11.4. The van der Waals surface area contributed by atoms with Crippen molar-refractivity contribution in [3.05, 3.63) is 0 Å². The van der Waals surface area contributed by atoms with E-state index in [0.717, 1.165) is 6.92 Å². The fourth-order valence-electron chi connectivity index (χ4n) is 0. The second-order valence-electron chi connectivity index (χ2n) is 1.29. The molecule has 0 radical (unpaired) electrons. The van der Waals surface area contributed by atoms with Crippen molar-refractivity contribution in [1.82, 2.24) is 0 Å². The van der Waals surface area contributed by atoms with Crippen molar-refractivity contribution in [1.29, 1.82) is 0 Å². The second kappa shape index (κ2) is 1.78. The third-order valence-corrected chi connectivity index (χ3v) is 0.730. The maximum Gasteiger partial charge on any atom is 0.280 e. The first-order valence-corrected chi connectivity index (χ1v) is 1.97. The molecule has 0 heterocycles. The van der Waals surface area contributed by atoms with Crippen LogP contribution in [-0.4, -0.2) is 21.2 Å². The molecule has 0 aromatic heterocycles. The van der Waals surface area contributed by atoms with Crippen molar-refractivity contribution >= 4 is 16.8 Å². The summed E-state index contributed by atoms with van der Waals surface area (Å²) in [4.78, 5) is 9.73. The Hall–Kier alpha value is -0.120. The van der Waals surface area contributed by atoms with Gasteiger partial charge in [0.05, 0.1) is 0 Å². The number of hydrogen-bond donors (Lipinski definition) is 2. The molecule has 0 saturated carbocycles. The molecule has 3 nitrogen and oxygen atoms in total. The Labute approximate surface area is 45.5 Å². The minimum atomic E-state index is -2.37. The summed E-state index contributed by atoms with van der Waals surface area (Å²) >= 11 is 4.61. The first kappa shape index (κ1) is 6.88. The summed E-state index contributed by atoms with van der Waals surface area (Å²) in [6.45, 7) is 0.891. The lowest BCUT2D eigenvalue weighted by molar-refractivity contribution is -0.166. The molecule has 0 spiro atoms. The Kier molecular flexibility index (Phi) is 1.75. The molecule has 0 saturated heterocycles. The third kappa shape index (κ3) is 2.56. The van der Waals surface area contributed by atoms with Crippen molar-refractivity contribution < 1.29 is 15.0 Å². The molecule has 4 heteroatoms. The van der Waals surface area contributed by atoms with Crippen LogP contribution in [0, 0.1) is 0 Å². The quantitative estimate of drug-likeness (QED) is 0.364. The summed E-state index contributed by atoms with van der Waals surface area (Å²) in [5.41, 5.74) is 0. The van der Waals surface area contributed by atoms with E-state index in [1.807, 2.05) is 0 Å². The van der Waals surface area contributed by atoms with E-state index in [0.29, 0.717) is 0 Å². The molecule has 42 valence electrons. The first-order valence-electron chi connectivity index (χ1n) is 1.59. The molecule has 0 aromatic rings. The third-order valence-electron chi connectivity index (χ3n) is 0.372. The van der Waals surface area contributed by atoms with Crippen LogP contribution in [-0.2, 0) is 4.79 Å². The number of carbonyl (C=O) groups is 1. The molecule has 0 bridgehead atoms. The van der Waals surface area contributed by atoms with Gasteiger partial charge in [-0.15, -0.1) is 0 Å². The van der Waals surface area contributed by atoms with Gasteiger partial charge < -0.3 is 10.2 Å². The molecule has 0 atom stereocenters. The van der Waals surface area contributed by atoms with E-state index in [-0.39, 0.29) is 0 Å². The van der Waals surface area contributed by atoms with Gasteiger partial charge in [-0.1, -0.05) is 0 Å². The van der Waals surface area contributed by atoms with Crippen LogP contribution in [0.1, 0.15) is 6.92 Å². The zero-order chi connectivity index (χ0) is 6.08. The SMILES string of the molecule is CC(O)(O)C(=O)Cl. The zero-order valence-electron chi connectivity index (χ0n) is 3.68. The van der Waals surface area contributed by atoms with Crippen LogP contribution in [0.25, 0.3) is 0 Å². The molecule has 0 rings (SSSR count). The average Bonchev–Trinajstić information content (AvgIpc) is 1.31. The predicted octanol–water partition coefficient (Wildman–Crippen LogP) is -0.547. The standard InChI is InChI=1S/C3H5ClO3/c1-3(6,7)2(4)5/h6-7H,1H3. The number of rotatable bonds is 1. The highest BCUT2D eigenvalue weighted by atomic mass is 35.5. The van der Waals surface area contributed by atoms with E-state index in [1.165, 1.54) is 0 Å². The highest BCUT2D eigenvalue weighted by molar-refractivity contribution is 6.65. The first-order chi connectivity index (χ1) is 2.94. The van der Waals surface area contributed by atoms with Gasteiger partial charge in [0.25, 0.3) is 5.24 Å². The van der Waals surface area contributed by atoms with Crippen molar-refractivity contribution in [3.8, 4) is 0 Å². The molecular weight excluding hydrogens is 119 g/mol. The van der Waals surface area contributed by atoms with Crippen LogP contribution in [0.15, 0.2) is 0 Å². The lowest BCUT2D eigenvalue weighted by Gasteiger charge is -2.06.